The van der Waals surface area contributed by atoms with E-state index in [1.54, 1.807) is 6.20 Å². The number of amides is 2. The summed E-state index contributed by atoms with van der Waals surface area (Å²) in [4.78, 5) is 11.2. The minimum atomic E-state index is -0.165. The average Bonchev–Trinajstić information content (AvgIpc) is 2.16. The zero-order valence-electron chi connectivity index (χ0n) is 10.7. The molecule has 16 heavy (non-hydrogen) atoms. The Bertz CT molecular complexity index is 213. The third-order valence-corrected chi connectivity index (χ3v) is 1.75. The summed E-state index contributed by atoms with van der Waals surface area (Å²) >= 11 is 0. The molecule has 0 saturated carbocycles. The molecule has 4 heteroatoms. The first-order valence-corrected chi connectivity index (χ1v) is 5.85. The molecule has 4 nitrogen and oxygen atoms in total. The van der Waals surface area contributed by atoms with Crippen molar-refractivity contribution in [1.29, 1.82) is 0 Å². The first-order valence-electron chi connectivity index (χ1n) is 5.85. The van der Waals surface area contributed by atoms with Crippen molar-refractivity contribution in [3.63, 3.8) is 0 Å². The standard InChI is InChI=1S/C12H24N2O2/c1-10(2)6-8-14-12(15)13-7-5-9-16-11(3)4/h6,8,10-11H,5,7,9H2,1-4H3,(H2,13,14,15)/b8-6+. The molecule has 0 aromatic rings. The van der Waals surface area contributed by atoms with Crippen LogP contribution >= 0.6 is 0 Å². The van der Waals surface area contributed by atoms with E-state index in [1.807, 2.05) is 19.9 Å². The molecule has 0 saturated heterocycles. The summed E-state index contributed by atoms with van der Waals surface area (Å²) in [5.74, 6) is 0.444. The van der Waals surface area contributed by atoms with Crippen molar-refractivity contribution in [3.8, 4) is 0 Å². The number of rotatable bonds is 7. The lowest BCUT2D eigenvalue weighted by atomic mass is 10.2. The summed E-state index contributed by atoms with van der Waals surface area (Å²) in [5, 5.41) is 5.39. The lowest BCUT2D eigenvalue weighted by Gasteiger charge is -2.08. The minimum absolute atomic E-state index is 0.165. The van der Waals surface area contributed by atoms with E-state index in [4.69, 9.17) is 4.74 Å². The van der Waals surface area contributed by atoms with Crippen molar-refractivity contribution in [1.82, 2.24) is 10.6 Å². The first-order chi connectivity index (χ1) is 7.52. The summed E-state index contributed by atoms with van der Waals surface area (Å²) in [6, 6.07) is -0.165. The van der Waals surface area contributed by atoms with Gasteiger partial charge in [0.2, 0.25) is 0 Å². The maximum atomic E-state index is 11.2. The van der Waals surface area contributed by atoms with Gasteiger partial charge in [0.05, 0.1) is 6.10 Å². The Morgan fingerprint density at radius 2 is 2.00 bits per heavy atom. The zero-order chi connectivity index (χ0) is 12.4. The van der Waals surface area contributed by atoms with Crippen LogP contribution in [0.1, 0.15) is 34.1 Å². The van der Waals surface area contributed by atoms with E-state index >= 15 is 0 Å². The molecule has 0 aliphatic heterocycles. The van der Waals surface area contributed by atoms with Crippen LogP contribution in [0.25, 0.3) is 0 Å². The van der Waals surface area contributed by atoms with E-state index < -0.39 is 0 Å². The number of hydrogen-bond acceptors (Lipinski definition) is 2. The molecule has 0 heterocycles. The molecule has 0 aliphatic rings. The molecule has 0 atom stereocenters. The molecule has 0 rings (SSSR count). The van der Waals surface area contributed by atoms with Crippen molar-refractivity contribution in [2.75, 3.05) is 13.2 Å². The summed E-state index contributed by atoms with van der Waals surface area (Å²) in [6.07, 6.45) is 4.69. The van der Waals surface area contributed by atoms with Crippen molar-refractivity contribution < 1.29 is 9.53 Å². The zero-order valence-corrected chi connectivity index (χ0v) is 10.7. The molecule has 2 amide bonds. The van der Waals surface area contributed by atoms with Gasteiger partial charge in [-0.3, -0.25) is 0 Å². The first kappa shape index (κ1) is 15.0. The second-order valence-electron chi connectivity index (χ2n) is 4.28. The van der Waals surface area contributed by atoms with Gasteiger partial charge in [0.25, 0.3) is 0 Å². The molecule has 0 aromatic carbocycles. The predicted octanol–water partition coefficient (Wildman–Crippen LogP) is 2.27. The Morgan fingerprint density at radius 1 is 1.31 bits per heavy atom. The molecule has 0 bridgehead atoms. The highest BCUT2D eigenvalue weighted by atomic mass is 16.5. The van der Waals surface area contributed by atoms with Crippen LogP contribution < -0.4 is 10.6 Å². The molecular weight excluding hydrogens is 204 g/mol. The van der Waals surface area contributed by atoms with Crippen LogP contribution in [0.15, 0.2) is 12.3 Å². The van der Waals surface area contributed by atoms with Crippen LogP contribution in [-0.2, 0) is 4.74 Å². The van der Waals surface area contributed by atoms with Crippen molar-refractivity contribution in [2.45, 2.75) is 40.2 Å². The molecule has 94 valence electrons. The third kappa shape index (κ3) is 11.0. The van der Waals surface area contributed by atoms with Gasteiger partial charge in [-0.1, -0.05) is 19.9 Å². The topological polar surface area (TPSA) is 50.4 Å². The van der Waals surface area contributed by atoms with Crippen LogP contribution in [0, 0.1) is 5.92 Å². The van der Waals surface area contributed by atoms with E-state index in [1.165, 1.54) is 0 Å². The molecule has 2 N–H and O–H groups in total. The number of nitrogens with one attached hydrogen (secondary N) is 2. The summed E-state index contributed by atoms with van der Waals surface area (Å²) in [6.45, 7) is 9.42. The highest BCUT2D eigenvalue weighted by Crippen LogP contribution is 1.91. The normalized spacial score (nSPS) is 11.4. The summed E-state index contributed by atoms with van der Waals surface area (Å²) < 4.78 is 5.35. The van der Waals surface area contributed by atoms with Gasteiger partial charge in [-0.05, 0) is 26.2 Å². The fraction of sp³-hybridized carbons (Fsp3) is 0.750. The van der Waals surface area contributed by atoms with Gasteiger partial charge in [-0.25, -0.2) is 4.79 Å². The van der Waals surface area contributed by atoms with Gasteiger partial charge >= 0.3 is 6.03 Å². The monoisotopic (exact) mass is 228 g/mol. The van der Waals surface area contributed by atoms with Crippen LogP contribution in [0.4, 0.5) is 4.79 Å². The van der Waals surface area contributed by atoms with Gasteiger partial charge in [-0.2, -0.15) is 0 Å². The van der Waals surface area contributed by atoms with E-state index in [0.29, 0.717) is 19.1 Å². The molecular formula is C12H24N2O2. The number of hydrogen-bond donors (Lipinski definition) is 2. The van der Waals surface area contributed by atoms with Crippen molar-refractivity contribution >= 4 is 6.03 Å². The number of carbonyl (C=O) groups is 1. The van der Waals surface area contributed by atoms with Gasteiger partial charge in [0.15, 0.2) is 0 Å². The van der Waals surface area contributed by atoms with Crippen LogP contribution in [0.3, 0.4) is 0 Å². The van der Waals surface area contributed by atoms with Crippen LogP contribution in [0.5, 0.6) is 0 Å². The maximum absolute atomic E-state index is 11.2. The average molecular weight is 228 g/mol. The molecule has 0 spiro atoms. The fourth-order valence-corrected chi connectivity index (χ4v) is 0.960. The summed E-state index contributed by atoms with van der Waals surface area (Å²) in [7, 11) is 0. The van der Waals surface area contributed by atoms with Gasteiger partial charge in [0, 0.05) is 19.4 Å². The Kier molecular flexibility index (Phi) is 8.62. The van der Waals surface area contributed by atoms with E-state index in [9.17, 15) is 4.79 Å². The Hall–Kier alpha value is -1.03. The van der Waals surface area contributed by atoms with Crippen molar-refractivity contribution in [2.24, 2.45) is 5.92 Å². The Balaban J connectivity index is 3.37. The smallest absolute Gasteiger partial charge is 0.318 e. The minimum Gasteiger partial charge on any atom is -0.379 e. The quantitative estimate of drug-likeness (QED) is 0.657. The largest absolute Gasteiger partial charge is 0.379 e. The van der Waals surface area contributed by atoms with E-state index in [-0.39, 0.29) is 12.1 Å². The van der Waals surface area contributed by atoms with Crippen molar-refractivity contribution in [3.05, 3.63) is 12.3 Å². The van der Waals surface area contributed by atoms with Crippen LogP contribution in [0.2, 0.25) is 0 Å². The van der Waals surface area contributed by atoms with E-state index in [2.05, 4.69) is 24.5 Å². The molecule has 0 aromatic heterocycles. The highest BCUT2D eigenvalue weighted by Gasteiger charge is 1.97. The Labute approximate surface area is 98.4 Å². The number of ether oxygens (including phenoxy) is 1. The number of carbonyl (C=O) groups excluding carboxylic acids is 1. The summed E-state index contributed by atoms with van der Waals surface area (Å²) in [5.41, 5.74) is 0. The lowest BCUT2D eigenvalue weighted by molar-refractivity contribution is 0.0774. The number of allylic oxidation sites excluding steroid dienone is 1. The van der Waals surface area contributed by atoms with E-state index in [0.717, 1.165) is 6.42 Å². The molecule has 0 aliphatic carbocycles. The van der Waals surface area contributed by atoms with Gasteiger partial charge in [-0.15, -0.1) is 0 Å². The highest BCUT2D eigenvalue weighted by molar-refractivity contribution is 5.74. The predicted molar refractivity (Wildman–Crippen MR) is 66.2 cm³/mol. The Morgan fingerprint density at radius 3 is 2.56 bits per heavy atom. The number of urea groups is 1. The fourth-order valence-electron chi connectivity index (χ4n) is 0.960. The molecule has 0 fully saturated rings. The third-order valence-electron chi connectivity index (χ3n) is 1.75. The SMILES string of the molecule is CC(C)/C=C/NC(=O)NCCCOC(C)C. The van der Waals surface area contributed by atoms with Gasteiger partial charge in [0.1, 0.15) is 0 Å². The lowest BCUT2D eigenvalue weighted by Crippen LogP contribution is -2.33. The molecule has 0 radical (unpaired) electrons. The second kappa shape index (κ2) is 9.21. The second-order valence-corrected chi connectivity index (χ2v) is 4.28. The van der Waals surface area contributed by atoms with Crippen LogP contribution in [-0.4, -0.2) is 25.3 Å². The maximum Gasteiger partial charge on any atom is 0.318 e. The van der Waals surface area contributed by atoms with Gasteiger partial charge < -0.3 is 15.4 Å². The molecule has 0 unspecified atom stereocenters.